The third kappa shape index (κ3) is 3.60. The Balaban J connectivity index is 2.41. The van der Waals surface area contributed by atoms with Gasteiger partial charge < -0.3 is 10.1 Å². The van der Waals surface area contributed by atoms with E-state index in [1.807, 2.05) is 37.0 Å². The summed E-state index contributed by atoms with van der Waals surface area (Å²) in [5.74, 6) is 2.10. The Labute approximate surface area is 90.0 Å². The Morgan fingerprint density at radius 3 is 2.86 bits per heavy atom. The van der Waals surface area contributed by atoms with Crippen LogP contribution in [0.1, 0.15) is 6.42 Å². The first-order chi connectivity index (χ1) is 6.88. The van der Waals surface area contributed by atoms with Crippen molar-refractivity contribution in [1.82, 2.24) is 5.32 Å². The van der Waals surface area contributed by atoms with Crippen molar-refractivity contribution in [3.8, 4) is 5.75 Å². The highest BCUT2D eigenvalue weighted by Crippen LogP contribution is 2.28. The Kier molecular flexibility index (Phi) is 5.49. The zero-order chi connectivity index (χ0) is 10.2. The van der Waals surface area contributed by atoms with E-state index in [-0.39, 0.29) is 0 Å². The van der Waals surface area contributed by atoms with E-state index in [0.29, 0.717) is 0 Å². The van der Waals surface area contributed by atoms with Crippen LogP contribution in [-0.4, -0.2) is 26.5 Å². The van der Waals surface area contributed by atoms with Crippen LogP contribution < -0.4 is 10.1 Å². The van der Waals surface area contributed by atoms with Gasteiger partial charge in [-0.3, -0.25) is 0 Å². The average Bonchev–Trinajstić information content (AvgIpc) is 2.25. The second-order valence-corrected chi connectivity index (χ2v) is 4.09. The highest BCUT2D eigenvalue weighted by atomic mass is 32.2. The molecular weight excluding hydrogens is 194 g/mol. The van der Waals surface area contributed by atoms with Gasteiger partial charge in [0.05, 0.1) is 7.11 Å². The molecule has 0 aromatic heterocycles. The van der Waals surface area contributed by atoms with Crippen molar-refractivity contribution in [2.45, 2.75) is 11.3 Å². The van der Waals surface area contributed by atoms with E-state index in [4.69, 9.17) is 4.74 Å². The molecule has 0 atom stereocenters. The number of benzene rings is 1. The summed E-state index contributed by atoms with van der Waals surface area (Å²) in [6, 6.07) is 8.14. The largest absolute Gasteiger partial charge is 0.496 e. The lowest BCUT2D eigenvalue weighted by atomic mass is 10.3. The number of methoxy groups -OCH3 is 1. The lowest BCUT2D eigenvalue weighted by Crippen LogP contribution is -2.07. The van der Waals surface area contributed by atoms with Crippen molar-refractivity contribution >= 4 is 11.8 Å². The van der Waals surface area contributed by atoms with E-state index in [0.717, 1.165) is 18.0 Å². The number of thioether (sulfide) groups is 1. The maximum Gasteiger partial charge on any atom is 0.132 e. The van der Waals surface area contributed by atoms with Gasteiger partial charge in [0.1, 0.15) is 5.75 Å². The quantitative estimate of drug-likeness (QED) is 0.576. The van der Waals surface area contributed by atoms with E-state index in [1.165, 1.54) is 11.3 Å². The fourth-order valence-electron chi connectivity index (χ4n) is 1.17. The predicted molar refractivity (Wildman–Crippen MR) is 62.3 cm³/mol. The van der Waals surface area contributed by atoms with Gasteiger partial charge in [-0.15, -0.1) is 11.8 Å². The Morgan fingerprint density at radius 1 is 1.36 bits per heavy atom. The van der Waals surface area contributed by atoms with E-state index < -0.39 is 0 Å². The van der Waals surface area contributed by atoms with Crippen LogP contribution in [0.2, 0.25) is 0 Å². The molecule has 0 amide bonds. The van der Waals surface area contributed by atoms with Crippen LogP contribution in [0.4, 0.5) is 0 Å². The average molecular weight is 211 g/mol. The number of ether oxygens (including phenoxy) is 1. The number of rotatable bonds is 6. The van der Waals surface area contributed by atoms with Crippen LogP contribution in [0.3, 0.4) is 0 Å². The standard InChI is InChI=1S/C11H17NOS/c1-12-8-5-9-14-11-7-4-3-6-10(11)13-2/h3-4,6-7,12H,5,8-9H2,1-2H3. The molecule has 0 spiro atoms. The van der Waals surface area contributed by atoms with Crippen molar-refractivity contribution < 1.29 is 4.74 Å². The first-order valence-corrected chi connectivity index (χ1v) is 5.77. The summed E-state index contributed by atoms with van der Waals surface area (Å²) in [4.78, 5) is 1.23. The zero-order valence-electron chi connectivity index (χ0n) is 8.75. The molecule has 0 aliphatic carbocycles. The second kappa shape index (κ2) is 6.74. The van der Waals surface area contributed by atoms with Crippen LogP contribution in [-0.2, 0) is 0 Å². The molecule has 1 aromatic rings. The highest BCUT2D eigenvalue weighted by molar-refractivity contribution is 7.99. The molecule has 3 heteroatoms. The van der Waals surface area contributed by atoms with Crippen LogP contribution in [0.15, 0.2) is 29.2 Å². The molecule has 14 heavy (non-hydrogen) atoms. The molecule has 0 bridgehead atoms. The number of nitrogens with one attached hydrogen (secondary N) is 1. The van der Waals surface area contributed by atoms with Crippen molar-refractivity contribution in [1.29, 1.82) is 0 Å². The minimum absolute atomic E-state index is 0.974. The van der Waals surface area contributed by atoms with Crippen LogP contribution >= 0.6 is 11.8 Å². The summed E-state index contributed by atoms with van der Waals surface area (Å²) in [7, 11) is 3.70. The number of hydrogen-bond donors (Lipinski definition) is 1. The monoisotopic (exact) mass is 211 g/mol. The topological polar surface area (TPSA) is 21.3 Å². The Hall–Kier alpha value is -0.670. The molecule has 0 aliphatic rings. The summed E-state index contributed by atoms with van der Waals surface area (Å²) in [5.41, 5.74) is 0. The molecule has 2 nitrogen and oxygen atoms in total. The molecular formula is C11H17NOS. The molecule has 0 aliphatic heterocycles. The van der Waals surface area contributed by atoms with Crippen LogP contribution in [0.5, 0.6) is 5.75 Å². The van der Waals surface area contributed by atoms with E-state index >= 15 is 0 Å². The fraction of sp³-hybridized carbons (Fsp3) is 0.455. The number of hydrogen-bond acceptors (Lipinski definition) is 3. The lowest BCUT2D eigenvalue weighted by Gasteiger charge is -2.06. The zero-order valence-corrected chi connectivity index (χ0v) is 9.56. The minimum Gasteiger partial charge on any atom is -0.496 e. The van der Waals surface area contributed by atoms with Gasteiger partial charge in [0.2, 0.25) is 0 Å². The van der Waals surface area contributed by atoms with E-state index in [9.17, 15) is 0 Å². The molecule has 0 saturated carbocycles. The summed E-state index contributed by atoms with van der Waals surface area (Å²) < 4.78 is 5.27. The molecule has 1 N–H and O–H groups in total. The highest BCUT2D eigenvalue weighted by Gasteiger charge is 2.00. The van der Waals surface area contributed by atoms with Gasteiger partial charge in [0.25, 0.3) is 0 Å². The third-order valence-corrected chi connectivity index (χ3v) is 3.04. The molecule has 78 valence electrons. The molecule has 0 saturated heterocycles. The van der Waals surface area contributed by atoms with Crippen LogP contribution in [0.25, 0.3) is 0 Å². The SMILES string of the molecule is CNCCCSc1ccccc1OC. The lowest BCUT2D eigenvalue weighted by molar-refractivity contribution is 0.405. The molecule has 0 radical (unpaired) electrons. The van der Waals surface area contributed by atoms with Crippen LogP contribution in [0, 0.1) is 0 Å². The van der Waals surface area contributed by atoms with Gasteiger partial charge in [0, 0.05) is 4.90 Å². The molecule has 0 heterocycles. The summed E-state index contributed by atoms with van der Waals surface area (Å²) in [6.45, 7) is 1.07. The predicted octanol–water partition coefficient (Wildman–Crippen LogP) is 2.40. The normalized spacial score (nSPS) is 10.1. The van der Waals surface area contributed by atoms with Crippen molar-refractivity contribution in [3.63, 3.8) is 0 Å². The molecule has 1 aromatic carbocycles. The van der Waals surface area contributed by atoms with Crippen molar-refractivity contribution in [2.75, 3.05) is 26.5 Å². The number of para-hydroxylation sites is 1. The summed E-state index contributed by atoms with van der Waals surface area (Å²) >= 11 is 1.85. The van der Waals surface area contributed by atoms with E-state index in [1.54, 1.807) is 7.11 Å². The van der Waals surface area contributed by atoms with Gasteiger partial charge in [0.15, 0.2) is 0 Å². The van der Waals surface area contributed by atoms with Crippen molar-refractivity contribution in [3.05, 3.63) is 24.3 Å². The second-order valence-electron chi connectivity index (χ2n) is 2.96. The van der Waals surface area contributed by atoms with Crippen molar-refractivity contribution in [2.24, 2.45) is 0 Å². The fourth-order valence-corrected chi connectivity index (χ4v) is 2.15. The third-order valence-electron chi connectivity index (χ3n) is 1.90. The first kappa shape index (κ1) is 11.4. The smallest absolute Gasteiger partial charge is 0.132 e. The summed E-state index contributed by atoms with van der Waals surface area (Å²) in [6.07, 6.45) is 1.18. The van der Waals surface area contributed by atoms with Gasteiger partial charge in [-0.1, -0.05) is 12.1 Å². The Morgan fingerprint density at radius 2 is 2.14 bits per heavy atom. The molecule has 0 fully saturated rings. The van der Waals surface area contributed by atoms with Gasteiger partial charge in [-0.25, -0.2) is 0 Å². The maximum atomic E-state index is 5.27. The van der Waals surface area contributed by atoms with E-state index in [2.05, 4.69) is 11.4 Å². The van der Waals surface area contributed by atoms with Gasteiger partial charge in [-0.05, 0) is 37.9 Å². The van der Waals surface area contributed by atoms with Gasteiger partial charge >= 0.3 is 0 Å². The maximum absolute atomic E-state index is 5.27. The first-order valence-electron chi connectivity index (χ1n) is 4.79. The Bertz CT molecular complexity index is 265. The molecule has 1 rings (SSSR count). The summed E-state index contributed by atoms with van der Waals surface area (Å²) in [5, 5.41) is 3.14. The van der Waals surface area contributed by atoms with Gasteiger partial charge in [-0.2, -0.15) is 0 Å². The minimum atomic E-state index is 0.974. The molecule has 0 unspecified atom stereocenters.